The van der Waals surface area contributed by atoms with Crippen molar-refractivity contribution < 1.29 is 0 Å². The average molecular weight is 293 g/mol. The Balaban J connectivity index is 2.10. The Bertz CT molecular complexity index is 430. The van der Waals surface area contributed by atoms with Gasteiger partial charge in [0.2, 0.25) is 0 Å². The van der Waals surface area contributed by atoms with Gasteiger partial charge in [0.25, 0.3) is 0 Å². The number of nitrogens with one attached hydrogen (secondary N) is 1. The summed E-state index contributed by atoms with van der Waals surface area (Å²) in [5.41, 5.74) is 1.67. The van der Waals surface area contributed by atoms with Crippen LogP contribution in [0, 0.1) is 17.2 Å². The van der Waals surface area contributed by atoms with Crippen molar-refractivity contribution in [2.45, 2.75) is 38.6 Å². The van der Waals surface area contributed by atoms with Gasteiger partial charge in [-0.15, -0.1) is 0 Å². The number of hydrogen-bond acceptors (Lipinski definition) is 2. The van der Waals surface area contributed by atoms with E-state index in [0.29, 0.717) is 11.6 Å². The van der Waals surface area contributed by atoms with Gasteiger partial charge in [-0.1, -0.05) is 28.8 Å². The van der Waals surface area contributed by atoms with Crippen LogP contribution in [0.5, 0.6) is 0 Å². The fourth-order valence-electron chi connectivity index (χ4n) is 2.56. The quantitative estimate of drug-likeness (QED) is 0.901. The highest BCUT2D eigenvalue weighted by molar-refractivity contribution is 9.10. The molecule has 0 aromatic heterocycles. The van der Waals surface area contributed by atoms with Gasteiger partial charge in [0.05, 0.1) is 11.3 Å². The highest BCUT2D eigenvalue weighted by atomic mass is 79.9. The predicted molar refractivity (Wildman–Crippen MR) is 73.9 cm³/mol. The van der Waals surface area contributed by atoms with Gasteiger partial charge < -0.3 is 5.32 Å². The van der Waals surface area contributed by atoms with Crippen LogP contribution in [0.25, 0.3) is 0 Å². The minimum atomic E-state index is 0.450. The maximum atomic E-state index is 9.11. The van der Waals surface area contributed by atoms with Crippen LogP contribution < -0.4 is 5.32 Å². The number of nitriles is 1. The second-order valence-corrected chi connectivity index (χ2v) is 5.69. The van der Waals surface area contributed by atoms with Gasteiger partial charge >= 0.3 is 0 Å². The highest BCUT2D eigenvalue weighted by Crippen LogP contribution is 2.30. The Labute approximate surface area is 111 Å². The molecule has 1 atom stereocenters. The lowest BCUT2D eigenvalue weighted by molar-refractivity contribution is 0.482. The number of halogens is 1. The van der Waals surface area contributed by atoms with E-state index in [2.05, 4.69) is 34.2 Å². The van der Waals surface area contributed by atoms with E-state index in [1.54, 1.807) is 0 Å². The molecule has 0 bridgehead atoms. The number of benzene rings is 1. The zero-order valence-electron chi connectivity index (χ0n) is 10.0. The largest absolute Gasteiger partial charge is 0.381 e. The normalized spacial score (nSPS) is 17.7. The summed E-state index contributed by atoms with van der Waals surface area (Å²) in [6, 6.07) is 8.51. The lowest BCUT2D eigenvalue weighted by Gasteiger charge is -2.22. The van der Waals surface area contributed by atoms with Crippen LogP contribution in [-0.4, -0.2) is 6.04 Å². The molecule has 3 heteroatoms. The highest BCUT2D eigenvalue weighted by Gasteiger charge is 2.21. The molecule has 1 aliphatic rings. The van der Waals surface area contributed by atoms with Gasteiger partial charge in [-0.25, -0.2) is 0 Å². The SMILES string of the molecule is CC(Nc1ccc(Br)cc1C#N)C1CCCC1. The molecule has 90 valence electrons. The molecule has 1 N–H and O–H groups in total. The minimum absolute atomic E-state index is 0.450. The van der Waals surface area contributed by atoms with E-state index in [1.165, 1.54) is 25.7 Å². The molecule has 2 nitrogen and oxygen atoms in total. The van der Waals surface area contributed by atoms with E-state index in [4.69, 9.17) is 5.26 Å². The lowest BCUT2D eigenvalue weighted by atomic mass is 9.99. The first-order valence-electron chi connectivity index (χ1n) is 6.17. The van der Waals surface area contributed by atoms with Gasteiger partial charge in [-0.2, -0.15) is 5.26 Å². The maximum absolute atomic E-state index is 9.11. The fourth-order valence-corrected chi connectivity index (χ4v) is 2.92. The third-order valence-corrected chi connectivity index (χ3v) is 4.09. The smallest absolute Gasteiger partial charge is 0.101 e. The van der Waals surface area contributed by atoms with Gasteiger partial charge in [-0.3, -0.25) is 0 Å². The summed E-state index contributed by atoms with van der Waals surface area (Å²) in [6.07, 6.45) is 5.32. The minimum Gasteiger partial charge on any atom is -0.381 e. The number of hydrogen-bond donors (Lipinski definition) is 1. The van der Waals surface area contributed by atoms with Gasteiger partial charge in [0.1, 0.15) is 6.07 Å². The third kappa shape index (κ3) is 3.01. The molecule has 1 aromatic carbocycles. The molecular formula is C14H17BrN2. The van der Waals surface area contributed by atoms with Gasteiger partial charge in [0, 0.05) is 10.5 Å². The summed E-state index contributed by atoms with van der Waals surface area (Å²) in [7, 11) is 0. The topological polar surface area (TPSA) is 35.8 Å². The van der Waals surface area contributed by atoms with Crippen LogP contribution >= 0.6 is 15.9 Å². The molecule has 0 amide bonds. The molecule has 1 unspecified atom stereocenters. The van der Waals surface area contributed by atoms with Crippen LogP contribution in [0.1, 0.15) is 38.2 Å². The lowest BCUT2D eigenvalue weighted by Crippen LogP contribution is -2.24. The molecule has 1 saturated carbocycles. The third-order valence-electron chi connectivity index (χ3n) is 3.59. The summed E-state index contributed by atoms with van der Waals surface area (Å²) >= 11 is 3.39. The van der Waals surface area contributed by atoms with Crippen molar-refractivity contribution in [3.8, 4) is 6.07 Å². The Kier molecular flexibility index (Phi) is 4.06. The first kappa shape index (κ1) is 12.4. The molecular weight excluding hydrogens is 276 g/mol. The van der Waals surface area contributed by atoms with Crippen molar-refractivity contribution in [3.63, 3.8) is 0 Å². The van der Waals surface area contributed by atoms with E-state index in [-0.39, 0.29) is 0 Å². The Morgan fingerprint density at radius 2 is 2.12 bits per heavy atom. The second kappa shape index (κ2) is 5.55. The van der Waals surface area contributed by atoms with E-state index in [9.17, 15) is 0 Å². The maximum Gasteiger partial charge on any atom is 0.101 e. The molecule has 0 saturated heterocycles. The molecule has 0 radical (unpaired) electrons. The fraction of sp³-hybridized carbons (Fsp3) is 0.500. The summed E-state index contributed by atoms with van der Waals surface area (Å²) < 4.78 is 0.952. The Morgan fingerprint density at radius 3 is 2.76 bits per heavy atom. The van der Waals surface area contributed by atoms with Crippen LogP contribution in [0.15, 0.2) is 22.7 Å². The van der Waals surface area contributed by atoms with Crippen LogP contribution in [0.3, 0.4) is 0 Å². The molecule has 0 spiro atoms. The number of nitrogens with zero attached hydrogens (tertiary/aromatic N) is 1. The van der Waals surface area contributed by atoms with Gasteiger partial charge in [-0.05, 0) is 43.9 Å². The summed E-state index contributed by atoms with van der Waals surface area (Å²) in [5, 5.41) is 12.6. The predicted octanol–water partition coefficient (Wildman–Crippen LogP) is 4.31. The summed E-state index contributed by atoms with van der Waals surface area (Å²) in [4.78, 5) is 0. The summed E-state index contributed by atoms with van der Waals surface area (Å²) in [6.45, 7) is 2.22. The molecule has 1 fully saturated rings. The van der Waals surface area contributed by atoms with Crippen molar-refractivity contribution in [1.82, 2.24) is 0 Å². The monoisotopic (exact) mass is 292 g/mol. The van der Waals surface area contributed by atoms with Crippen molar-refractivity contribution in [2.75, 3.05) is 5.32 Å². The van der Waals surface area contributed by atoms with E-state index < -0.39 is 0 Å². The zero-order chi connectivity index (χ0) is 12.3. The summed E-state index contributed by atoms with van der Waals surface area (Å²) in [5.74, 6) is 0.755. The van der Waals surface area contributed by atoms with Gasteiger partial charge in [0.15, 0.2) is 0 Å². The molecule has 0 aliphatic heterocycles. The molecule has 1 aromatic rings. The Hall–Kier alpha value is -1.01. The van der Waals surface area contributed by atoms with Crippen LogP contribution in [-0.2, 0) is 0 Å². The van der Waals surface area contributed by atoms with Crippen molar-refractivity contribution in [2.24, 2.45) is 5.92 Å². The van der Waals surface area contributed by atoms with Crippen molar-refractivity contribution >= 4 is 21.6 Å². The average Bonchev–Trinajstić information content (AvgIpc) is 2.85. The van der Waals surface area contributed by atoms with E-state index >= 15 is 0 Å². The molecule has 17 heavy (non-hydrogen) atoms. The van der Waals surface area contributed by atoms with Crippen LogP contribution in [0.2, 0.25) is 0 Å². The number of rotatable bonds is 3. The number of anilines is 1. The first-order valence-corrected chi connectivity index (χ1v) is 6.96. The van der Waals surface area contributed by atoms with Crippen molar-refractivity contribution in [1.29, 1.82) is 5.26 Å². The first-order chi connectivity index (χ1) is 8.20. The standard InChI is InChI=1S/C14H17BrN2/c1-10(11-4-2-3-5-11)17-14-7-6-13(15)8-12(14)9-16/h6-8,10-11,17H,2-5H2,1H3. The Morgan fingerprint density at radius 1 is 1.41 bits per heavy atom. The second-order valence-electron chi connectivity index (χ2n) is 4.78. The van der Waals surface area contributed by atoms with Crippen molar-refractivity contribution in [3.05, 3.63) is 28.2 Å². The van der Waals surface area contributed by atoms with Crippen LogP contribution in [0.4, 0.5) is 5.69 Å². The van der Waals surface area contributed by atoms with E-state index in [1.807, 2.05) is 18.2 Å². The zero-order valence-corrected chi connectivity index (χ0v) is 11.6. The molecule has 1 aliphatic carbocycles. The molecule has 2 rings (SSSR count). The molecule has 0 heterocycles. The van der Waals surface area contributed by atoms with E-state index in [0.717, 1.165) is 16.1 Å².